The molecule has 150 valence electrons. The second-order valence-electron chi connectivity index (χ2n) is 7.35. The molecule has 0 saturated heterocycles. The molecule has 2 N–H and O–H groups in total. The summed E-state index contributed by atoms with van der Waals surface area (Å²) >= 11 is 0. The van der Waals surface area contributed by atoms with Crippen molar-refractivity contribution in [3.63, 3.8) is 0 Å². The molecule has 3 atom stereocenters. The van der Waals surface area contributed by atoms with Crippen LogP contribution in [0.1, 0.15) is 41.9 Å². The van der Waals surface area contributed by atoms with E-state index in [1.807, 2.05) is 24.3 Å². The third-order valence-electron chi connectivity index (χ3n) is 5.56. The highest BCUT2D eigenvalue weighted by Crippen LogP contribution is 2.49. The first kappa shape index (κ1) is 19.4. The molecule has 1 heterocycles. The Bertz CT molecular complexity index is 1090. The molecule has 4 rings (SSSR count). The average molecular weight is 412 g/mol. The Morgan fingerprint density at radius 3 is 2.66 bits per heavy atom. The smallest absolute Gasteiger partial charge is 0.303 e. The summed E-state index contributed by atoms with van der Waals surface area (Å²) in [7, 11) is -3.73. The van der Waals surface area contributed by atoms with Gasteiger partial charge in [0.05, 0.1) is 16.5 Å². The number of nitrogens with zero attached hydrogens (tertiary/aromatic N) is 1. The molecule has 1 aliphatic heterocycles. The van der Waals surface area contributed by atoms with Crippen LogP contribution in [0.25, 0.3) is 0 Å². The molecule has 0 radical (unpaired) electrons. The van der Waals surface area contributed by atoms with Crippen LogP contribution in [0.2, 0.25) is 0 Å². The van der Waals surface area contributed by atoms with Crippen LogP contribution < -0.4 is 9.46 Å². The van der Waals surface area contributed by atoms with Gasteiger partial charge >= 0.3 is 5.97 Å². The fourth-order valence-electron chi connectivity index (χ4n) is 4.22. The molecule has 2 aliphatic rings. The molecule has 3 unspecified atom stereocenters. The number of benzene rings is 2. The van der Waals surface area contributed by atoms with Crippen molar-refractivity contribution in [2.45, 2.75) is 48.6 Å². The quantitative estimate of drug-likeness (QED) is 0.753. The molecule has 0 bridgehead atoms. The van der Waals surface area contributed by atoms with Crippen molar-refractivity contribution in [1.82, 2.24) is 4.72 Å². The predicted molar refractivity (Wildman–Crippen MR) is 104 cm³/mol. The van der Waals surface area contributed by atoms with Crippen LogP contribution >= 0.6 is 0 Å². The number of carbonyl (C=O) groups is 1. The number of para-hydroxylation sites is 1. The Kier molecular flexibility index (Phi) is 5.03. The Labute approximate surface area is 169 Å². The summed E-state index contributed by atoms with van der Waals surface area (Å²) in [5.41, 5.74) is 2.17. The molecule has 0 spiro atoms. The largest absolute Gasteiger partial charge is 0.489 e. The van der Waals surface area contributed by atoms with Crippen LogP contribution in [0.5, 0.6) is 5.75 Å². The van der Waals surface area contributed by atoms with E-state index in [4.69, 9.17) is 15.1 Å². The third kappa shape index (κ3) is 3.71. The Morgan fingerprint density at radius 2 is 1.97 bits per heavy atom. The number of nitrogens with one attached hydrogen (secondary N) is 1. The molecule has 7 nitrogen and oxygen atoms in total. The number of aliphatic carboxylic acids is 1. The molecule has 1 aliphatic carbocycles. The normalized spacial score (nSPS) is 22.4. The highest BCUT2D eigenvalue weighted by molar-refractivity contribution is 7.89. The standard InChI is InChI=1S/C21H20N2O5S/c22-12-13-4-7-15(8-5-13)29(26,27)23-17-9-10-18-20(17)16-3-1-2-14(21(16)28-18)6-11-19(24)25/h1-5,7-8,17-18,20,23H,6,9-11H2,(H,24,25). The lowest BCUT2D eigenvalue weighted by Crippen LogP contribution is -2.37. The second-order valence-corrected chi connectivity index (χ2v) is 9.07. The maximum atomic E-state index is 12.8. The van der Waals surface area contributed by atoms with Gasteiger partial charge in [0.1, 0.15) is 11.9 Å². The van der Waals surface area contributed by atoms with Crippen LogP contribution in [-0.2, 0) is 21.2 Å². The summed E-state index contributed by atoms with van der Waals surface area (Å²) in [6.45, 7) is 0. The molecule has 0 aromatic heterocycles. The number of hydrogen-bond donors (Lipinski definition) is 2. The minimum atomic E-state index is -3.73. The van der Waals surface area contributed by atoms with E-state index in [2.05, 4.69) is 4.72 Å². The first-order valence-corrected chi connectivity index (χ1v) is 10.9. The van der Waals surface area contributed by atoms with E-state index in [-0.39, 0.29) is 29.4 Å². The van der Waals surface area contributed by atoms with Crippen molar-refractivity contribution in [2.24, 2.45) is 0 Å². The lowest BCUT2D eigenvalue weighted by atomic mass is 9.92. The molecule has 0 amide bonds. The molecule has 1 fully saturated rings. The van der Waals surface area contributed by atoms with Gasteiger partial charge in [0, 0.05) is 23.9 Å². The maximum Gasteiger partial charge on any atom is 0.303 e. The van der Waals surface area contributed by atoms with E-state index in [0.717, 1.165) is 17.5 Å². The number of rotatable bonds is 6. The lowest BCUT2D eigenvalue weighted by molar-refractivity contribution is -0.136. The molecule has 2 aromatic carbocycles. The van der Waals surface area contributed by atoms with Gasteiger partial charge in [0.15, 0.2) is 0 Å². The average Bonchev–Trinajstić information content (AvgIpc) is 3.26. The number of fused-ring (bicyclic) bond motifs is 3. The van der Waals surface area contributed by atoms with Gasteiger partial charge in [-0.3, -0.25) is 4.79 Å². The van der Waals surface area contributed by atoms with E-state index in [0.29, 0.717) is 24.2 Å². The molecule has 8 heteroatoms. The monoisotopic (exact) mass is 412 g/mol. The number of aryl methyl sites for hydroxylation is 1. The summed E-state index contributed by atoms with van der Waals surface area (Å²) in [5, 5.41) is 17.8. The molecular weight excluding hydrogens is 392 g/mol. The van der Waals surface area contributed by atoms with Crippen molar-refractivity contribution in [3.05, 3.63) is 59.2 Å². The summed E-state index contributed by atoms with van der Waals surface area (Å²) in [6, 6.07) is 13.1. The SMILES string of the molecule is N#Cc1ccc(S(=O)(=O)NC2CCC3Oc4c(CCC(=O)O)cccc4C23)cc1. The minimum Gasteiger partial charge on any atom is -0.489 e. The van der Waals surface area contributed by atoms with E-state index in [1.165, 1.54) is 24.3 Å². The summed E-state index contributed by atoms with van der Waals surface area (Å²) in [5.74, 6) is -0.275. The highest BCUT2D eigenvalue weighted by atomic mass is 32.2. The van der Waals surface area contributed by atoms with E-state index in [9.17, 15) is 13.2 Å². The molecule has 2 aromatic rings. The zero-order chi connectivity index (χ0) is 20.6. The fraction of sp³-hybridized carbons (Fsp3) is 0.333. The van der Waals surface area contributed by atoms with Gasteiger partial charge in [-0.15, -0.1) is 0 Å². The Hall–Kier alpha value is -2.89. The van der Waals surface area contributed by atoms with Crippen LogP contribution in [0.3, 0.4) is 0 Å². The molecule has 29 heavy (non-hydrogen) atoms. The topological polar surface area (TPSA) is 116 Å². The number of nitriles is 1. The summed E-state index contributed by atoms with van der Waals surface area (Å²) in [6.07, 6.45) is 1.65. The number of hydrogen-bond acceptors (Lipinski definition) is 5. The minimum absolute atomic E-state index is 0.0178. The van der Waals surface area contributed by atoms with E-state index >= 15 is 0 Å². The third-order valence-corrected chi connectivity index (χ3v) is 7.07. The van der Waals surface area contributed by atoms with Crippen LogP contribution in [0.15, 0.2) is 47.4 Å². The van der Waals surface area contributed by atoms with Gasteiger partial charge in [0.2, 0.25) is 10.0 Å². The number of carboxylic acid groups (broad SMARTS) is 1. The molecular formula is C21H20N2O5S. The zero-order valence-corrected chi connectivity index (χ0v) is 16.4. The number of ether oxygens (including phenoxy) is 1. The summed E-state index contributed by atoms with van der Waals surface area (Å²) < 4.78 is 34.6. The lowest BCUT2D eigenvalue weighted by Gasteiger charge is -2.19. The van der Waals surface area contributed by atoms with E-state index in [1.54, 1.807) is 0 Å². The van der Waals surface area contributed by atoms with Crippen LogP contribution in [0.4, 0.5) is 0 Å². The molecule has 1 saturated carbocycles. The highest BCUT2D eigenvalue weighted by Gasteiger charge is 2.46. The van der Waals surface area contributed by atoms with Gasteiger partial charge in [-0.2, -0.15) is 5.26 Å². The fourth-order valence-corrected chi connectivity index (χ4v) is 5.51. The van der Waals surface area contributed by atoms with Gasteiger partial charge in [-0.1, -0.05) is 18.2 Å². The van der Waals surface area contributed by atoms with Crippen molar-refractivity contribution in [3.8, 4) is 11.8 Å². The van der Waals surface area contributed by atoms with Gasteiger partial charge in [0.25, 0.3) is 0 Å². The van der Waals surface area contributed by atoms with Gasteiger partial charge in [-0.25, -0.2) is 13.1 Å². The van der Waals surface area contributed by atoms with Crippen LogP contribution in [-0.4, -0.2) is 31.6 Å². The van der Waals surface area contributed by atoms with Crippen LogP contribution in [0, 0.1) is 11.3 Å². The van der Waals surface area contributed by atoms with Gasteiger partial charge in [-0.05, 0) is 49.1 Å². The first-order chi connectivity index (χ1) is 13.9. The Morgan fingerprint density at radius 1 is 1.21 bits per heavy atom. The maximum absolute atomic E-state index is 12.8. The van der Waals surface area contributed by atoms with Gasteiger partial charge < -0.3 is 9.84 Å². The number of carboxylic acids is 1. The van der Waals surface area contributed by atoms with Crippen molar-refractivity contribution in [1.29, 1.82) is 5.26 Å². The number of sulfonamides is 1. The Balaban J connectivity index is 1.57. The zero-order valence-electron chi connectivity index (χ0n) is 15.5. The second kappa shape index (κ2) is 7.50. The first-order valence-electron chi connectivity index (χ1n) is 9.42. The summed E-state index contributed by atoms with van der Waals surface area (Å²) in [4.78, 5) is 11.0. The van der Waals surface area contributed by atoms with Crippen molar-refractivity contribution >= 4 is 16.0 Å². The van der Waals surface area contributed by atoms with Crippen molar-refractivity contribution < 1.29 is 23.1 Å². The van der Waals surface area contributed by atoms with E-state index < -0.39 is 16.0 Å². The van der Waals surface area contributed by atoms with Crippen molar-refractivity contribution in [2.75, 3.05) is 0 Å². The predicted octanol–water partition coefficient (Wildman–Crippen LogP) is 2.56.